The van der Waals surface area contributed by atoms with Crippen molar-refractivity contribution in [3.63, 3.8) is 0 Å². The van der Waals surface area contributed by atoms with E-state index in [1.807, 2.05) is 54.6 Å². The SMILES string of the molecule is CCCCc1cc(Oc2ccccc2)ccc1OCCCCOc1cccc(CC(=O)O)c1. The van der Waals surface area contributed by atoms with Gasteiger partial charge in [0.1, 0.15) is 23.0 Å². The highest BCUT2D eigenvalue weighted by Gasteiger charge is 2.08. The molecule has 0 atom stereocenters. The molecule has 0 bridgehead atoms. The van der Waals surface area contributed by atoms with Crippen LogP contribution < -0.4 is 14.2 Å². The van der Waals surface area contributed by atoms with Crippen molar-refractivity contribution in [2.45, 2.75) is 45.4 Å². The van der Waals surface area contributed by atoms with Gasteiger partial charge in [-0.05, 0) is 79.3 Å². The summed E-state index contributed by atoms with van der Waals surface area (Å²) in [6.45, 7) is 3.36. The van der Waals surface area contributed by atoms with E-state index in [0.717, 1.165) is 60.5 Å². The van der Waals surface area contributed by atoms with E-state index >= 15 is 0 Å². The summed E-state index contributed by atoms with van der Waals surface area (Å²) in [6.07, 6.45) is 4.88. The van der Waals surface area contributed by atoms with Crippen LogP contribution in [0, 0.1) is 0 Å². The first-order valence-corrected chi connectivity index (χ1v) is 11.6. The molecule has 0 aliphatic heterocycles. The van der Waals surface area contributed by atoms with Gasteiger partial charge < -0.3 is 19.3 Å². The van der Waals surface area contributed by atoms with Crippen molar-refractivity contribution in [2.75, 3.05) is 13.2 Å². The lowest BCUT2D eigenvalue weighted by Crippen LogP contribution is -2.05. The number of ether oxygens (including phenoxy) is 3. The van der Waals surface area contributed by atoms with E-state index < -0.39 is 5.97 Å². The highest BCUT2D eigenvalue weighted by molar-refractivity contribution is 5.70. The van der Waals surface area contributed by atoms with Crippen LogP contribution in [0.1, 0.15) is 43.7 Å². The fourth-order valence-electron chi connectivity index (χ4n) is 3.44. The smallest absolute Gasteiger partial charge is 0.307 e. The number of aliphatic carboxylic acids is 1. The number of carboxylic acids is 1. The second kappa shape index (κ2) is 13.2. The monoisotopic (exact) mass is 448 g/mol. The van der Waals surface area contributed by atoms with Crippen molar-refractivity contribution >= 4 is 5.97 Å². The van der Waals surface area contributed by atoms with Crippen LogP contribution in [-0.2, 0) is 17.6 Å². The number of carboxylic acid groups (broad SMARTS) is 1. The molecule has 0 spiro atoms. The van der Waals surface area contributed by atoms with Gasteiger partial charge in [0.25, 0.3) is 0 Å². The Morgan fingerprint density at radius 1 is 0.788 bits per heavy atom. The molecular formula is C28H32O5. The van der Waals surface area contributed by atoms with Crippen LogP contribution in [0.25, 0.3) is 0 Å². The molecule has 0 aliphatic rings. The van der Waals surface area contributed by atoms with Gasteiger partial charge in [-0.15, -0.1) is 0 Å². The summed E-state index contributed by atoms with van der Waals surface area (Å²) in [5, 5.41) is 8.91. The number of benzene rings is 3. The van der Waals surface area contributed by atoms with Crippen molar-refractivity contribution in [2.24, 2.45) is 0 Å². The molecule has 3 rings (SSSR count). The summed E-state index contributed by atoms with van der Waals surface area (Å²) in [5.74, 6) is 2.40. The molecule has 0 unspecified atom stereocenters. The first-order valence-electron chi connectivity index (χ1n) is 11.6. The van der Waals surface area contributed by atoms with Gasteiger partial charge in [-0.25, -0.2) is 0 Å². The Hall–Kier alpha value is -3.47. The van der Waals surface area contributed by atoms with Crippen molar-refractivity contribution < 1.29 is 24.1 Å². The molecule has 0 fully saturated rings. The molecule has 5 heteroatoms. The highest BCUT2D eigenvalue weighted by Crippen LogP contribution is 2.29. The summed E-state index contributed by atoms with van der Waals surface area (Å²) < 4.78 is 17.8. The Morgan fingerprint density at radius 2 is 1.55 bits per heavy atom. The molecule has 0 aromatic heterocycles. The largest absolute Gasteiger partial charge is 0.494 e. The van der Waals surface area contributed by atoms with Crippen LogP contribution in [0.4, 0.5) is 0 Å². The number of aryl methyl sites for hydroxylation is 1. The van der Waals surface area contributed by atoms with E-state index in [-0.39, 0.29) is 6.42 Å². The zero-order valence-electron chi connectivity index (χ0n) is 19.2. The Balaban J connectivity index is 1.46. The number of para-hydroxylation sites is 1. The van der Waals surface area contributed by atoms with Crippen molar-refractivity contribution in [1.82, 2.24) is 0 Å². The minimum absolute atomic E-state index is 0.000579. The fourth-order valence-corrected chi connectivity index (χ4v) is 3.44. The topological polar surface area (TPSA) is 65.0 Å². The van der Waals surface area contributed by atoms with Gasteiger partial charge in [0, 0.05) is 0 Å². The number of carbonyl (C=O) groups is 1. The van der Waals surface area contributed by atoms with Gasteiger partial charge in [0.2, 0.25) is 0 Å². The maximum Gasteiger partial charge on any atom is 0.307 e. The van der Waals surface area contributed by atoms with Gasteiger partial charge in [-0.1, -0.05) is 43.7 Å². The van der Waals surface area contributed by atoms with Crippen molar-refractivity contribution in [1.29, 1.82) is 0 Å². The second-order valence-corrected chi connectivity index (χ2v) is 7.91. The van der Waals surface area contributed by atoms with Gasteiger partial charge in [0.15, 0.2) is 0 Å². The predicted octanol–water partition coefficient (Wildman–Crippen LogP) is 6.69. The molecule has 0 radical (unpaired) electrons. The van der Waals surface area contributed by atoms with E-state index in [1.54, 1.807) is 12.1 Å². The quantitative estimate of drug-likeness (QED) is 0.278. The zero-order chi connectivity index (χ0) is 23.3. The van der Waals surface area contributed by atoms with E-state index in [4.69, 9.17) is 19.3 Å². The Kier molecular flexibility index (Phi) is 9.64. The highest BCUT2D eigenvalue weighted by atomic mass is 16.5. The molecule has 33 heavy (non-hydrogen) atoms. The summed E-state index contributed by atoms with van der Waals surface area (Å²) in [6, 6.07) is 23.0. The molecule has 0 saturated heterocycles. The Morgan fingerprint density at radius 3 is 2.30 bits per heavy atom. The number of rotatable bonds is 14. The van der Waals surface area contributed by atoms with E-state index in [1.165, 1.54) is 0 Å². The molecular weight excluding hydrogens is 416 g/mol. The molecule has 0 saturated carbocycles. The minimum Gasteiger partial charge on any atom is -0.494 e. The average Bonchev–Trinajstić information content (AvgIpc) is 2.81. The number of hydrogen-bond acceptors (Lipinski definition) is 4. The molecule has 5 nitrogen and oxygen atoms in total. The van der Waals surface area contributed by atoms with E-state index in [2.05, 4.69) is 13.0 Å². The van der Waals surface area contributed by atoms with Gasteiger partial charge >= 0.3 is 5.97 Å². The summed E-state index contributed by atoms with van der Waals surface area (Å²) in [4.78, 5) is 10.9. The maximum absolute atomic E-state index is 10.9. The third-order valence-electron chi connectivity index (χ3n) is 5.13. The van der Waals surface area contributed by atoms with Crippen LogP contribution >= 0.6 is 0 Å². The molecule has 1 N–H and O–H groups in total. The van der Waals surface area contributed by atoms with Crippen LogP contribution in [0.3, 0.4) is 0 Å². The van der Waals surface area contributed by atoms with Crippen LogP contribution in [0.2, 0.25) is 0 Å². The molecule has 0 aliphatic carbocycles. The lowest BCUT2D eigenvalue weighted by molar-refractivity contribution is -0.136. The van der Waals surface area contributed by atoms with Crippen molar-refractivity contribution in [3.05, 3.63) is 83.9 Å². The third kappa shape index (κ3) is 8.53. The first-order chi connectivity index (χ1) is 16.1. The second-order valence-electron chi connectivity index (χ2n) is 7.91. The Labute approximate surface area is 195 Å². The lowest BCUT2D eigenvalue weighted by atomic mass is 10.1. The lowest BCUT2D eigenvalue weighted by Gasteiger charge is -2.14. The average molecular weight is 449 g/mol. The Bertz CT molecular complexity index is 1000. The maximum atomic E-state index is 10.9. The van der Waals surface area contributed by atoms with Gasteiger partial charge in [-0.3, -0.25) is 4.79 Å². The number of unbranched alkanes of at least 4 members (excludes halogenated alkanes) is 2. The molecule has 3 aromatic rings. The third-order valence-corrected chi connectivity index (χ3v) is 5.13. The summed E-state index contributed by atoms with van der Waals surface area (Å²) >= 11 is 0. The molecule has 174 valence electrons. The number of hydrogen-bond donors (Lipinski definition) is 1. The molecule has 0 amide bonds. The molecule has 0 heterocycles. The van der Waals surface area contributed by atoms with Crippen LogP contribution in [-0.4, -0.2) is 24.3 Å². The van der Waals surface area contributed by atoms with E-state index in [9.17, 15) is 4.79 Å². The predicted molar refractivity (Wildman–Crippen MR) is 130 cm³/mol. The van der Waals surface area contributed by atoms with E-state index in [0.29, 0.717) is 19.0 Å². The van der Waals surface area contributed by atoms with Crippen molar-refractivity contribution in [3.8, 4) is 23.0 Å². The van der Waals surface area contributed by atoms with Crippen LogP contribution in [0.15, 0.2) is 72.8 Å². The van der Waals surface area contributed by atoms with Gasteiger partial charge in [-0.2, -0.15) is 0 Å². The first kappa shape index (κ1) is 24.2. The summed E-state index contributed by atoms with van der Waals surface area (Å²) in [5.41, 5.74) is 1.90. The zero-order valence-corrected chi connectivity index (χ0v) is 19.2. The standard InChI is InChI=1S/C28H32O5/c1-2-3-11-23-21-26(33-24-12-5-4-6-13-24)15-16-27(23)32-18-8-7-17-31-25-14-9-10-22(19-25)20-28(29)30/h4-6,9-10,12-16,19,21H,2-3,7-8,11,17-18,20H2,1H3,(H,29,30). The fraction of sp³-hybridized carbons (Fsp3) is 0.321. The van der Waals surface area contributed by atoms with Crippen LogP contribution in [0.5, 0.6) is 23.0 Å². The molecule has 3 aromatic carbocycles. The van der Waals surface area contributed by atoms with Gasteiger partial charge in [0.05, 0.1) is 19.6 Å². The minimum atomic E-state index is -0.845. The normalized spacial score (nSPS) is 10.6. The summed E-state index contributed by atoms with van der Waals surface area (Å²) in [7, 11) is 0.